The summed E-state index contributed by atoms with van der Waals surface area (Å²) in [6.07, 6.45) is 6.34. The van der Waals surface area contributed by atoms with E-state index in [0.29, 0.717) is 18.6 Å². The molecular weight excluding hydrogens is 226 g/mol. The van der Waals surface area contributed by atoms with Crippen LogP contribution in [0.3, 0.4) is 0 Å². The molecule has 0 spiro atoms. The lowest BCUT2D eigenvalue weighted by Gasteiger charge is -2.24. The van der Waals surface area contributed by atoms with Crippen molar-refractivity contribution in [2.24, 2.45) is 0 Å². The van der Waals surface area contributed by atoms with Gasteiger partial charge in [-0.25, -0.2) is 0 Å². The van der Waals surface area contributed by atoms with E-state index in [1.165, 1.54) is 25.7 Å². The zero-order chi connectivity index (χ0) is 13.4. The number of carbonyl (C=O) groups excluding carboxylic acids is 1. The molecule has 0 radical (unpaired) electrons. The molecule has 3 N–H and O–H groups in total. The van der Waals surface area contributed by atoms with Gasteiger partial charge < -0.3 is 16.0 Å². The van der Waals surface area contributed by atoms with Crippen LogP contribution in [0.2, 0.25) is 0 Å². The molecule has 0 saturated carbocycles. The Bertz CT molecular complexity index is 237. The van der Waals surface area contributed by atoms with Crippen LogP contribution in [0.1, 0.15) is 52.9 Å². The number of hydrogen-bond acceptors (Lipinski definition) is 3. The summed E-state index contributed by atoms with van der Waals surface area (Å²) in [5.74, 6) is 0.0955. The maximum Gasteiger partial charge on any atom is 0.236 e. The highest BCUT2D eigenvalue weighted by molar-refractivity contribution is 5.81. The van der Waals surface area contributed by atoms with Crippen LogP contribution in [0.25, 0.3) is 0 Å². The van der Waals surface area contributed by atoms with Gasteiger partial charge in [0.1, 0.15) is 0 Å². The Labute approximate surface area is 111 Å². The van der Waals surface area contributed by atoms with Crippen LogP contribution in [0.4, 0.5) is 0 Å². The topological polar surface area (TPSA) is 53.2 Å². The molecule has 1 amide bonds. The second-order valence-electron chi connectivity index (χ2n) is 5.42. The van der Waals surface area contributed by atoms with Crippen LogP contribution in [0.5, 0.6) is 0 Å². The Hall–Kier alpha value is -0.610. The predicted octanol–water partition coefficient (Wildman–Crippen LogP) is 1.41. The number of likely N-dealkylation sites (N-methyl/N-ethyl adjacent to an activating group) is 1. The summed E-state index contributed by atoms with van der Waals surface area (Å²) >= 11 is 0. The molecule has 4 nitrogen and oxygen atoms in total. The molecule has 1 aliphatic rings. The first-order valence-electron chi connectivity index (χ1n) is 7.40. The molecule has 1 rings (SSSR count). The first-order valence-corrected chi connectivity index (χ1v) is 7.40. The van der Waals surface area contributed by atoms with Crippen molar-refractivity contribution in [3.8, 4) is 0 Å². The van der Waals surface area contributed by atoms with Crippen molar-refractivity contribution in [3.05, 3.63) is 0 Å². The smallest absolute Gasteiger partial charge is 0.236 e. The van der Waals surface area contributed by atoms with Crippen LogP contribution in [0.15, 0.2) is 0 Å². The largest absolute Gasteiger partial charge is 0.355 e. The van der Waals surface area contributed by atoms with Crippen molar-refractivity contribution in [1.29, 1.82) is 0 Å². The SMILES string of the molecule is CCNC(=O)C(C)NC(C)CC1CCCCCN1. The Morgan fingerprint density at radius 3 is 2.83 bits per heavy atom. The van der Waals surface area contributed by atoms with Crippen LogP contribution in [-0.4, -0.2) is 37.1 Å². The molecule has 3 atom stereocenters. The number of rotatable bonds is 6. The van der Waals surface area contributed by atoms with Gasteiger partial charge in [0.25, 0.3) is 0 Å². The van der Waals surface area contributed by atoms with E-state index in [1.807, 2.05) is 13.8 Å². The van der Waals surface area contributed by atoms with Gasteiger partial charge in [0, 0.05) is 18.6 Å². The Balaban J connectivity index is 2.26. The summed E-state index contributed by atoms with van der Waals surface area (Å²) < 4.78 is 0. The van der Waals surface area contributed by atoms with E-state index >= 15 is 0 Å². The summed E-state index contributed by atoms with van der Waals surface area (Å²) in [6, 6.07) is 0.875. The first kappa shape index (κ1) is 15.4. The fraction of sp³-hybridized carbons (Fsp3) is 0.929. The van der Waals surface area contributed by atoms with Crippen molar-refractivity contribution >= 4 is 5.91 Å². The quantitative estimate of drug-likeness (QED) is 0.673. The van der Waals surface area contributed by atoms with Gasteiger partial charge in [0.2, 0.25) is 5.91 Å². The van der Waals surface area contributed by atoms with Crippen molar-refractivity contribution < 1.29 is 4.79 Å². The number of hydrogen-bond donors (Lipinski definition) is 3. The molecule has 18 heavy (non-hydrogen) atoms. The van der Waals surface area contributed by atoms with E-state index in [4.69, 9.17) is 0 Å². The van der Waals surface area contributed by atoms with Gasteiger partial charge in [0.05, 0.1) is 6.04 Å². The highest BCUT2D eigenvalue weighted by Crippen LogP contribution is 2.12. The Kier molecular flexibility index (Phi) is 7.28. The molecule has 0 aliphatic carbocycles. The van der Waals surface area contributed by atoms with E-state index < -0.39 is 0 Å². The summed E-state index contributed by atoms with van der Waals surface area (Å²) in [4.78, 5) is 11.6. The third-order valence-electron chi connectivity index (χ3n) is 3.58. The maximum absolute atomic E-state index is 11.6. The number of nitrogens with one attached hydrogen (secondary N) is 3. The second-order valence-corrected chi connectivity index (χ2v) is 5.42. The lowest BCUT2D eigenvalue weighted by molar-refractivity contribution is -0.122. The molecule has 1 saturated heterocycles. The zero-order valence-corrected chi connectivity index (χ0v) is 12.1. The standard InChI is InChI=1S/C14H29N3O/c1-4-15-14(18)12(3)17-11(2)10-13-8-6-5-7-9-16-13/h11-13,16-17H,4-10H2,1-3H3,(H,15,18). The third-order valence-corrected chi connectivity index (χ3v) is 3.58. The Morgan fingerprint density at radius 1 is 1.33 bits per heavy atom. The van der Waals surface area contributed by atoms with Crippen LogP contribution < -0.4 is 16.0 Å². The normalized spacial score (nSPS) is 24.1. The number of amides is 1. The predicted molar refractivity (Wildman–Crippen MR) is 75.6 cm³/mol. The van der Waals surface area contributed by atoms with E-state index in [-0.39, 0.29) is 11.9 Å². The molecule has 0 aromatic rings. The van der Waals surface area contributed by atoms with E-state index in [2.05, 4.69) is 22.9 Å². The van der Waals surface area contributed by atoms with Crippen molar-refractivity contribution in [2.45, 2.75) is 71.0 Å². The fourth-order valence-corrected chi connectivity index (χ4v) is 2.63. The highest BCUT2D eigenvalue weighted by Gasteiger charge is 2.18. The molecular formula is C14H29N3O. The summed E-state index contributed by atoms with van der Waals surface area (Å²) in [5, 5.41) is 9.83. The minimum atomic E-state index is -0.106. The van der Waals surface area contributed by atoms with E-state index in [0.717, 1.165) is 13.0 Å². The fourth-order valence-electron chi connectivity index (χ4n) is 2.63. The van der Waals surface area contributed by atoms with Crippen LogP contribution >= 0.6 is 0 Å². The van der Waals surface area contributed by atoms with Gasteiger partial charge in [-0.1, -0.05) is 12.8 Å². The lowest BCUT2D eigenvalue weighted by atomic mass is 10.0. The molecule has 3 unspecified atom stereocenters. The van der Waals surface area contributed by atoms with Crippen LogP contribution in [-0.2, 0) is 4.79 Å². The molecule has 0 aromatic carbocycles. The molecule has 4 heteroatoms. The molecule has 106 valence electrons. The maximum atomic E-state index is 11.6. The molecule has 1 aliphatic heterocycles. The van der Waals surface area contributed by atoms with Gasteiger partial charge in [-0.15, -0.1) is 0 Å². The van der Waals surface area contributed by atoms with Crippen molar-refractivity contribution in [2.75, 3.05) is 13.1 Å². The monoisotopic (exact) mass is 255 g/mol. The summed E-state index contributed by atoms with van der Waals surface area (Å²) in [6.45, 7) is 7.89. The summed E-state index contributed by atoms with van der Waals surface area (Å²) in [7, 11) is 0. The average Bonchev–Trinajstić information content (AvgIpc) is 2.57. The second kappa shape index (κ2) is 8.48. The molecule has 0 aromatic heterocycles. The molecule has 1 heterocycles. The van der Waals surface area contributed by atoms with Crippen molar-refractivity contribution in [1.82, 2.24) is 16.0 Å². The number of carbonyl (C=O) groups is 1. The van der Waals surface area contributed by atoms with Gasteiger partial charge in [-0.05, 0) is 46.6 Å². The minimum absolute atomic E-state index is 0.0955. The van der Waals surface area contributed by atoms with Gasteiger partial charge in [0.15, 0.2) is 0 Å². The molecule has 0 bridgehead atoms. The van der Waals surface area contributed by atoms with Crippen molar-refractivity contribution in [3.63, 3.8) is 0 Å². The average molecular weight is 255 g/mol. The van der Waals surface area contributed by atoms with Gasteiger partial charge >= 0.3 is 0 Å². The highest BCUT2D eigenvalue weighted by atomic mass is 16.2. The van der Waals surface area contributed by atoms with Gasteiger partial charge in [-0.2, -0.15) is 0 Å². The third kappa shape index (κ3) is 5.83. The van der Waals surface area contributed by atoms with Gasteiger partial charge in [-0.3, -0.25) is 4.79 Å². The zero-order valence-electron chi connectivity index (χ0n) is 12.1. The lowest BCUT2D eigenvalue weighted by Crippen LogP contribution is -2.47. The first-order chi connectivity index (χ1) is 8.63. The summed E-state index contributed by atoms with van der Waals surface area (Å²) in [5.41, 5.74) is 0. The van der Waals surface area contributed by atoms with Crippen LogP contribution in [0, 0.1) is 0 Å². The Morgan fingerprint density at radius 2 is 2.11 bits per heavy atom. The van der Waals surface area contributed by atoms with E-state index in [1.54, 1.807) is 0 Å². The van der Waals surface area contributed by atoms with E-state index in [9.17, 15) is 4.79 Å². The molecule has 1 fully saturated rings. The minimum Gasteiger partial charge on any atom is -0.355 e.